The molecule has 16 nitrogen and oxygen atoms in total. The van der Waals surface area contributed by atoms with Crippen LogP contribution in [-0.2, 0) is 65.2 Å². The number of carbonyl (C=O) groups excluding carboxylic acids is 5. The van der Waals surface area contributed by atoms with E-state index in [0.717, 1.165) is 22.0 Å². The Hall–Kier alpha value is -6.33. The second-order valence-corrected chi connectivity index (χ2v) is 15.5. The Morgan fingerprint density at radius 2 is 1.58 bits per heavy atom. The Kier molecular flexibility index (Phi) is 16.3. The maximum atomic E-state index is 13.9. The standard InChI is InChI=1S/C46H49N7O9.2ClH/c1-3-46(34-23-38-39-31(22-30-13-7-8-14-35(30)50-39)24-53(38)43(57)33(34)26-60-44(46)58)62-45(59)61-25-29-16-18-32(19-17-29)49-41(55)36(15-9-10-20-47)51-42(56)37(52-40(54)27(2)48)21-28-11-5-4-6-12-28;;/h4-8,11-14,16-19,22-23,27,36-37H,3,9-10,15,20-21,24-26,47-48H2,1-2H3,(H,49,55)(H,51,56)(H,52,54);2*1H/t27-,36+,37+,46+;;/m1../s1. The molecule has 7 rings (SSSR count). The summed E-state index contributed by atoms with van der Waals surface area (Å²) in [5.41, 5.74) is 14.1. The SMILES string of the molecule is CC[C@@]1(OC(=O)OCc2ccc(NC(=O)[C@H](CCCCN)NC(=O)[C@H](Cc3ccccc3)NC(=O)[C@@H](C)N)cc2)C(=O)OCc2c1cc1n(c2=O)Cc2cc3ccccc3nc2-1.Cl.Cl. The number of hydrogen-bond donors (Lipinski definition) is 5. The number of nitrogens with one attached hydrogen (secondary N) is 3. The molecule has 0 saturated carbocycles. The van der Waals surface area contributed by atoms with Gasteiger partial charge in [0.25, 0.3) is 5.56 Å². The van der Waals surface area contributed by atoms with Gasteiger partial charge in [-0.3, -0.25) is 19.2 Å². The number of aromatic nitrogens is 2. The second kappa shape index (κ2) is 21.4. The van der Waals surface area contributed by atoms with Gasteiger partial charge >= 0.3 is 12.1 Å². The van der Waals surface area contributed by atoms with Gasteiger partial charge < -0.3 is 46.2 Å². The van der Waals surface area contributed by atoms with E-state index in [1.165, 1.54) is 6.92 Å². The summed E-state index contributed by atoms with van der Waals surface area (Å²) in [6, 6.07) is 24.1. The first kappa shape index (κ1) is 48.7. The zero-order valence-corrected chi connectivity index (χ0v) is 36.9. The maximum Gasteiger partial charge on any atom is 0.510 e. The van der Waals surface area contributed by atoms with E-state index in [0.29, 0.717) is 48.6 Å². The summed E-state index contributed by atoms with van der Waals surface area (Å²) in [6.45, 7) is 3.35. The Bertz CT molecular complexity index is 2570. The molecule has 5 aromatic rings. The number of nitrogens with zero attached hydrogens (tertiary/aromatic N) is 2. The number of pyridine rings is 2. The third-order valence-electron chi connectivity index (χ3n) is 11.1. The molecule has 0 radical (unpaired) electrons. The lowest BCUT2D eigenvalue weighted by atomic mass is 9.85. The minimum atomic E-state index is -1.95. The van der Waals surface area contributed by atoms with Gasteiger partial charge in [0.2, 0.25) is 23.3 Å². The van der Waals surface area contributed by atoms with Crippen molar-refractivity contribution in [1.29, 1.82) is 0 Å². The molecule has 0 saturated heterocycles. The average molecular weight is 917 g/mol. The summed E-state index contributed by atoms with van der Waals surface area (Å²) < 4.78 is 18.3. The van der Waals surface area contributed by atoms with Crippen LogP contribution in [0.1, 0.15) is 67.3 Å². The first-order valence-corrected chi connectivity index (χ1v) is 20.6. The van der Waals surface area contributed by atoms with Crippen molar-refractivity contribution < 1.29 is 38.2 Å². The molecule has 4 atom stereocenters. The van der Waals surface area contributed by atoms with Crippen molar-refractivity contribution in [2.75, 3.05) is 11.9 Å². The lowest BCUT2D eigenvalue weighted by Crippen LogP contribution is -2.55. The van der Waals surface area contributed by atoms with Gasteiger partial charge in [0.05, 0.1) is 35.1 Å². The number of rotatable bonds is 16. The van der Waals surface area contributed by atoms with Crippen molar-refractivity contribution >= 4 is 71.3 Å². The molecule has 7 N–H and O–H groups in total. The van der Waals surface area contributed by atoms with E-state index < -0.39 is 53.6 Å². The van der Waals surface area contributed by atoms with Crippen molar-refractivity contribution in [2.24, 2.45) is 11.5 Å². The monoisotopic (exact) mass is 915 g/mol. The number of ether oxygens (including phenoxy) is 3. The van der Waals surface area contributed by atoms with Gasteiger partial charge in [-0.15, -0.1) is 24.8 Å². The van der Waals surface area contributed by atoms with Crippen LogP contribution in [0.3, 0.4) is 0 Å². The highest BCUT2D eigenvalue weighted by Crippen LogP contribution is 2.41. The molecular weight excluding hydrogens is 865 g/mol. The van der Waals surface area contributed by atoms with Crippen molar-refractivity contribution in [3.8, 4) is 11.4 Å². The van der Waals surface area contributed by atoms with Gasteiger partial charge in [0, 0.05) is 28.6 Å². The van der Waals surface area contributed by atoms with Crippen LogP contribution in [0.5, 0.6) is 0 Å². The number of para-hydroxylation sites is 1. The summed E-state index contributed by atoms with van der Waals surface area (Å²) >= 11 is 0. The fourth-order valence-corrected chi connectivity index (χ4v) is 7.71. The zero-order valence-electron chi connectivity index (χ0n) is 35.3. The average Bonchev–Trinajstić information content (AvgIpc) is 3.63. The Morgan fingerprint density at radius 3 is 2.28 bits per heavy atom. The number of unbranched alkanes of at least 4 members (excludes halogenated alkanes) is 1. The van der Waals surface area contributed by atoms with Crippen LogP contribution >= 0.6 is 24.8 Å². The highest BCUT2D eigenvalue weighted by Gasteiger charge is 2.51. The van der Waals surface area contributed by atoms with E-state index in [1.54, 1.807) is 41.8 Å². The predicted octanol–water partition coefficient (Wildman–Crippen LogP) is 4.91. The fourth-order valence-electron chi connectivity index (χ4n) is 7.71. The molecule has 3 amide bonds. The van der Waals surface area contributed by atoms with Crippen LogP contribution in [0.15, 0.2) is 95.8 Å². The molecule has 18 heteroatoms. The van der Waals surface area contributed by atoms with Crippen molar-refractivity contribution in [3.05, 3.63) is 129 Å². The molecule has 338 valence electrons. The minimum Gasteiger partial charge on any atom is -0.457 e. The molecule has 2 aliphatic rings. The molecule has 3 aromatic carbocycles. The molecule has 2 aliphatic heterocycles. The first-order valence-electron chi connectivity index (χ1n) is 20.6. The van der Waals surface area contributed by atoms with Gasteiger partial charge in [-0.1, -0.05) is 67.6 Å². The Labute approximate surface area is 381 Å². The lowest BCUT2D eigenvalue weighted by molar-refractivity contribution is -0.175. The van der Waals surface area contributed by atoms with Gasteiger partial charge in [0.1, 0.15) is 25.3 Å². The van der Waals surface area contributed by atoms with E-state index in [1.807, 2.05) is 60.7 Å². The van der Waals surface area contributed by atoms with E-state index in [9.17, 15) is 28.8 Å². The van der Waals surface area contributed by atoms with Crippen molar-refractivity contribution in [3.63, 3.8) is 0 Å². The summed E-state index contributed by atoms with van der Waals surface area (Å²) in [5, 5.41) is 9.26. The molecular formula is C46H51Cl2N7O9. The van der Waals surface area contributed by atoms with E-state index in [-0.39, 0.29) is 74.0 Å². The minimum absolute atomic E-state index is 0. The number of halogens is 2. The summed E-state index contributed by atoms with van der Waals surface area (Å²) in [4.78, 5) is 85.2. The van der Waals surface area contributed by atoms with E-state index in [2.05, 4.69) is 16.0 Å². The lowest BCUT2D eigenvalue weighted by Gasteiger charge is -2.35. The number of benzene rings is 3. The van der Waals surface area contributed by atoms with Gasteiger partial charge in [-0.2, -0.15) is 0 Å². The number of hydrogen-bond acceptors (Lipinski definition) is 12. The molecule has 0 unspecified atom stereocenters. The number of fused-ring (bicyclic) bond motifs is 5. The summed E-state index contributed by atoms with van der Waals surface area (Å²) in [7, 11) is 0. The smallest absolute Gasteiger partial charge is 0.457 e. The number of amides is 3. The van der Waals surface area contributed by atoms with Gasteiger partial charge in [-0.25, -0.2) is 14.6 Å². The zero-order chi connectivity index (χ0) is 44.0. The Balaban J connectivity index is 0.00000385. The fraction of sp³-hybridized carbons (Fsp3) is 0.326. The Morgan fingerprint density at radius 1 is 0.875 bits per heavy atom. The number of esters is 1. The van der Waals surface area contributed by atoms with Crippen LogP contribution < -0.4 is 33.0 Å². The summed E-state index contributed by atoms with van der Waals surface area (Å²) in [6.07, 6.45) is 0.468. The van der Waals surface area contributed by atoms with E-state index in [4.69, 9.17) is 30.7 Å². The second-order valence-electron chi connectivity index (χ2n) is 15.5. The third-order valence-corrected chi connectivity index (χ3v) is 11.1. The molecule has 2 aromatic heterocycles. The highest BCUT2D eigenvalue weighted by molar-refractivity contribution is 5.98. The summed E-state index contributed by atoms with van der Waals surface area (Å²) in [5.74, 6) is -2.36. The normalized spacial score (nSPS) is 15.9. The predicted molar refractivity (Wildman–Crippen MR) is 244 cm³/mol. The van der Waals surface area contributed by atoms with Crippen LogP contribution in [0.4, 0.5) is 10.5 Å². The van der Waals surface area contributed by atoms with Crippen molar-refractivity contribution in [2.45, 2.75) is 89.4 Å². The number of nitrogens with two attached hydrogens (primary N) is 2. The van der Waals surface area contributed by atoms with Crippen LogP contribution in [0.25, 0.3) is 22.3 Å². The quantitative estimate of drug-likeness (QED) is 0.0644. The van der Waals surface area contributed by atoms with Gasteiger partial charge in [0.15, 0.2) is 0 Å². The number of carbonyl (C=O) groups is 5. The third kappa shape index (κ3) is 10.5. The van der Waals surface area contributed by atoms with Crippen molar-refractivity contribution in [1.82, 2.24) is 20.2 Å². The topological polar surface area (TPSA) is 236 Å². The maximum absolute atomic E-state index is 13.9. The molecule has 0 bridgehead atoms. The van der Waals surface area contributed by atoms with E-state index >= 15 is 0 Å². The van der Waals surface area contributed by atoms with Crippen LogP contribution in [0, 0.1) is 0 Å². The first-order chi connectivity index (χ1) is 29.9. The molecule has 0 aliphatic carbocycles. The van der Waals surface area contributed by atoms with Gasteiger partial charge in [-0.05, 0) is 80.6 Å². The molecule has 0 spiro atoms. The largest absolute Gasteiger partial charge is 0.510 e. The number of anilines is 1. The highest BCUT2D eigenvalue weighted by atomic mass is 35.5. The van der Waals surface area contributed by atoms with Crippen LogP contribution in [0.2, 0.25) is 0 Å². The van der Waals surface area contributed by atoms with Crippen LogP contribution in [-0.4, -0.2) is 64.1 Å². The number of cyclic esters (lactones) is 1. The molecule has 0 fully saturated rings. The molecule has 4 heterocycles. The molecule has 64 heavy (non-hydrogen) atoms.